The molecule has 1 unspecified atom stereocenters. The van der Waals surface area contributed by atoms with E-state index in [1.165, 1.54) is 0 Å². The van der Waals surface area contributed by atoms with Crippen LogP contribution < -0.4 is 5.73 Å². The average molecular weight is 197 g/mol. The van der Waals surface area contributed by atoms with Gasteiger partial charge >= 0.3 is 0 Å². The Labute approximate surface area is 84.9 Å². The quantitative estimate of drug-likeness (QED) is 0.774. The number of nitrogens with two attached hydrogens (primary N) is 1. The van der Waals surface area contributed by atoms with Crippen molar-refractivity contribution in [1.29, 1.82) is 0 Å². The first-order valence-corrected chi connectivity index (χ1v) is 4.98. The fourth-order valence-electron chi connectivity index (χ4n) is 1.23. The molecule has 1 rings (SSSR count). The van der Waals surface area contributed by atoms with Crippen LogP contribution in [0.4, 0.5) is 0 Å². The van der Waals surface area contributed by atoms with Gasteiger partial charge in [0.1, 0.15) is 17.6 Å². The molecule has 0 spiro atoms. The van der Waals surface area contributed by atoms with E-state index in [-0.39, 0.29) is 5.41 Å². The normalized spacial score (nSPS) is 14.4. The van der Waals surface area contributed by atoms with Gasteiger partial charge < -0.3 is 15.3 Å². The van der Waals surface area contributed by atoms with Gasteiger partial charge in [-0.3, -0.25) is 0 Å². The first-order valence-electron chi connectivity index (χ1n) is 4.98. The van der Waals surface area contributed by atoms with Crippen molar-refractivity contribution in [3.8, 4) is 0 Å². The fraction of sp³-hybridized carbons (Fsp3) is 0.636. The molecule has 0 aliphatic heterocycles. The standard InChI is InChI=1S/C11H19NO2/c1-4-8-5-6-9(14-8)10(13)11(2,3)7-12/h5-6,10,13H,4,7,12H2,1-3H3. The Bertz CT molecular complexity index is 291. The highest BCUT2D eigenvalue weighted by atomic mass is 16.4. The summed E-state index contributed by atoms with van der Waals surface area (Å²) in [6.07, 6.45) is 0.211. The zero-order valence-electron chi connectivity index (χ0n) is 9.08. The number of aryl methyl sites for hydroxylation is 1. The van der Waals surface area contributed by atoms with E-state index in [0.717, 1.165) is 12.2 Å². The van der Waals surface area contributed by atoms with E-state index in [1.807, 2.05) is 32.9 Å². The maximum Gasteiger partial charge on any atom is 0.133 e. The predicted molar refractivity (Wildman–Crippen MR) is 55.9 cm³/mol. The van der Waals surface area contributed by atoms with E-state index in [2.05, 4.69) is 0 Å². The Morgan fingerprint density at radius 1 is 1.50 bits per heavy atom. The van der Waals surface area contributed by atoms with Crippen LogP contribution in [0.2, 0.25) is 0 Å². The number of aliphatic hydroxyl groups excluding tert-OH is 1. The second kappa shape index (κ2) is 4.15. The van der Waals surface area contributed by atoms with Crippen molar-refractivity contribution in [2.75, 3.05) is 6.54 Å². The summed E-state index contributed by atoms with van der Waals surface area (Å²) >= 11 is 0. The summed E-state index contributed by atoms with van der Waals surface area (Å²) in [7, 11) is 0. The van der Waals surface area contributed by atoms with E-state index in [1.54, 1.807) is 0 Å². The van der Waals surface area contributed by atoms with Crippen molar-refractivity contribution in [2.45, 2.75) is 33.3 Å². The van der Waals surface area contributed by atoms with E-state index < -0.39 is 6.10 Å². The topological polar surface area (TPSA) is 59.4 Å². The highest BCUT2D eigenvalue weighted by Crippen LogP contribution is 2.33. The van der Waals surface area contributed by atoms with Gasteiger partial charge in [0.2, 0.25) is 0 Å². The minimum Gasteiger partial charge on any atom is -0.463 e. The van der Waals surface area contributed by atoms with Crippen LogP contribution in [0, 0.1) is 5.41 Å². The Balaban J connectivity index is 2.83. The molecule has 0 bridgehead atoms. The first-order chi connectivity index (χ1) is 6.51. The highest BCUT2D eigenvalue weighted by Gasteiger charge is 2.29. The summed E-state index contributed by atoms with van der Waals surface area (Å²) in [5.41, 5.74) is 5.24. The van der Waals surface area contributed by atoms with Crippen LogP contribution in [0.15, 0.2) is 16.5 Å². The van der Waals surface area contributed by atoms with Crippen LogP contribution in [0.1, 0.15) is 38.4 Å². The van der Waals surface area contributed by atoms with Gasteiger partial charge in [-0.15, -0.1) is 0 Å². The summed E-state index contributed by atoms with van der Waals surface area (Å²) in [6, 6.07) is 3.71. The Morgan fingerprint density at radius 3 is 2.57 bits per heavy atom. The molecule has 1 aromatic rings. The van der Waals surface area contributed by atoms with Gasteiger partial charge in [-0.2, -0.15) is 0 Å². The smallest absolute Gasteiger partial charge is 0.133 e. The van der Waals surface area contributed by atoms with Crippen LogP contribution >= 0.6 is 0 Å². The van der Waals surface area contributed by atoms with Crippen molar-refractivity contribution in [2.24, 2.45) is 11.1 Å². The lowest BCUT2D eigenvalue weighted by atomic mass is 9.85. The lowest BCUT2D eigenvalue weighted by Crippen LogP contribution is -2.30. The summed E-state index contributed by atoms with van der Waals surface area (Å²) in [5, 5.41) is 9.98. The van der Waals surface area contributed by atoms with Gasteiger partial charge in [-0.25, -0.2) is 0 Å². The lowest BCUT2D eigenvalue weighted by Gasteiger charge is -2.27. The van der Waals surface area contributed by atoms with E-state index in [0.29, 0.717) is 12.3 Å². The molecule has 0 aliphatic carbocycles. The SMILES string of the molecule is CCc1ccc(C(O)C(C)(C)CN)o1. The van der Waals surface area contributed by atoms with E-state index in [9.17, 15) is 5.11 Å². The zero-order chi connectivity index (χ0) is 10.8. The molecule has 0 amide bonds. The third-order valence-corrected chi connectivity index (χ3v) is 2.57. The highest BCUT2D eigenvalue weighted by molar-refractivity contribution is 5.11. The number of hydrogen-bond donors (Lipinski definition) is 2. The molecule has 80 valence electrons. The summed E-state index contributed by atoms with van der Waals surface area (Å²) in [5.74, 6) is 1.50. The molecule has 3 heteroatoms. The molecule has 0 aromatic carbocycles. The summed E-state index contributed by atoms with van der Waals surface area (Å²) < 4.78 is 5.48. The van der Waals surface area contributed by atoms with Crippen molar-refractivity contribution in [1.82, 2.24) is 0 Å². The van der Waals surface area contributed by atoms with E-state index in [4.69, 9.17) is 10.2 Å². The molecular weight excluding hydrogens is 178 g/mol. The molecule has 1 atom stereocenters. The number of aliphatic hydroxyl groups is 1. The fourth-order valence-corrected chi connectivity index (χ4v) is 1.23. The van der Waals surface area contributed by atoms with Crippen LogP contribution in [0.5, 0.6) is 0 Å². The lowest BCUT2D eigenvalue weighted by molar-refractivity contribution is 0.0361. The second-order valence-electron chi connectivity index (χ2n) is 4.25. The Morgan fingerprint density at radius 2 is 2.14 bits per heavy atom. The molecule has 0 radical (unpaired) electrons. The molecule has 0 aliphatic rings. The number of furan rings is 1. The van der Waals surface area contributed by atoms with Gasteiger partial charge in [0.25, 0.3) is 0 Å². The molecule has 14 heavy (non-hydrogen) atoms. The second-order valence-corrected chi connectivity index (χ2v) is 4.25. The zero-order valence-corrected chi connectivity index (χ0v) is 9.08. The third kappa shape index (κ3) is 2.16. The van der Waals surface area contributed by atoms with Gasteiger partial charge in [0.05, 0.1) is 0 Å². The minimum absolute atomic E-state index is 0.344. The monoisotopic (exact) mass is 197 g/mol. The number of hydrogen-bond acceptors (Lipinski definition) is 3. The largest absolute Gasteiger partial charge is 0.463 e. The predicted octanol–water partition coefficient (Wildman–Crippen LogP) is 1.86. The summed E-state index contributed by atoms with van der Waals surface area (Å²) in [4.78, 5) is 0. The first kappa shape index (κ1) is 11.3. The minimum atomic E-state index is -0.632. The van der Waals surface area contributed by atoms with Gasteiger partial charge in [-0.05, 0) is 12.1 Å². The number of rotatable bonds is 4. The molecule has 3 N–H and O–H groups in total. The Kier molecular flexibility index (Phi) is 3.34. The molecule has 3 nitrogen and oxygen atoms in total. The maximum absolute atomic E-state index is 9.98. The molecule has 0 saturated heterocycles. The average Bonchev–Trinajstić information content (AvgIpc) is 2.64. The van der Waals surface area contributed by atoms with Crippen molar-refractivity contribution < 1.29 is 9.52 Å². The third-order valence-electron chi connectivity index (χ3n) is 2.57. The summed E-state index contributed by atoms with van der Waals surface area (Å²) in [6.45, 7) is 6.29. The van der Waals surface area contributed by atoms with Crippen LogP contribution in [-0.2, 0) is 6.42 Å². The van der Waals surface area contributed by atoms with Gasteiger partial charge in [0, 0.05) is 18.4 Å². The molecular formula is C11H19NO2. The van der Waals surface area contributed by atoms with Gasteiger partial charge in [0.15, 0.2) is 0 Å². The van der Waals surface area contributed by atoms with Crippen LogP contribution in [0.3, 0.4) is 0 Å². The Hall–Kier alpha value is -0.800. The molecule has 1 aromatic heterocycles. The molecule has 0 fully saturated rings. The van der Waals surface area contributed by atoms with Crippen LogP contribution in [0.25, 0.3) is 0 Å². The molecule has 0 saturated carbocycles. The maximum atomic E-state index is 9.98. The van der Waals surface area contributed by atoms with E-state index >= 15 is 0 Å². The van der Waals surface area contributed by atoms with Crippen LogP contribution in [-0.4, -0.2) is 11.7 Å². The van der Waals surface area contributed by atoms with Crippen molar-refractivity contribution in [3.05, 3.63) is 23.7 Å². The van der Waals surface area contributed by atoms with Crippen molar-refractivity contribution >= 4 is 0 Å². The van der Waals surface area contributed by atoms with Gasteiger partial charge in [-0.1, -0.05) is 20.8 Å². The van der Waals surface area contributed by atoms with Crippen molar-refractivity contribution in [3.63, 3.8) is 0 Å². The molecule has 1 heterocycles.